The second-order valence-corrected chi connectivity index (χ2v) is 7.08. The van der Waals surface area contributed by atoms with Gasteiger partial charge in [0.1, 0.15) is 16.9 Å². The van der Waals surface area contributed by atoms with E-state index in [2.05, 4.69) is 15.3 Å². The summed E-state index contributed by atoms with van der Waals surface area (Å²) < 4.78 is 6.76. The first kappa shape index (κ1) is 21.7. The van der Waals surface area contributed by atoms with E-state index in [-0.39, 0.29) is 42.3 Å². The number of nitrogens with two attached hydrogens (primary N) is 1. The number of aromatic nitrogens is 3. The number of carbonyl (C=O) groups is 2. The number of hydrogen-bond acceptors (Lipinski definition) is 8. The Kier molecular flexibility index (Phi) is 5.85. The highest BCUT2D eigenvalue weighted by atomic mass is 16.6. The number of esters is 1. The topological polar surface area (TPSA) is 155 Å². The van der Waals surface area contributed by atoms with E-state index in [1.165, 1.54) is 24.3 Å². The second-order valence-electron chi connectivity index (χ2n) is 7.08. The number of nitro benzene ring substituents is 1. The van der Waals surface area contributed by atoms with Gasteiger partial charge in [-0.2, -0.15) is 0 Å². The van der Waals surface area contributed by atoms with Gasteiger partial charge < -0.3 is 20.4 Å². The molecule has 0 bridgehead atoms. The molecule has 0 spiro atoms. The number of benzene rings is 2. The van der Waals surface area contributed by atoms with Crippen LogP contribution in [0.5, 0.6) is 0 Å². The maximum atomic E-state index is 12.6. The predicted molar refractivity (Wildman–Crippen MR) is 121 cm³/mol. The number of para-hydroxylation sites is 2. The molecule has 2 aromatic heterocycles. The van der Waals surface area contributed by atoms with Crippen LogP contribution in [0.3, 0.4) is 0 Å². The molecule has 33 heavy (non-hydrogen) atoms. The minimum Gasteiger partial charge on any atom is -0.462 e. The normalized spacial score (nSPS) is 10.9. The lowest BCUT2D eigenvalue weighted by Gasteiger charge is -2.09. The summed E-state index contributed by atoms with van der Waals surface area (Å²) in [7, 11) is 0. The lowest BCUT2D eigenvalue weighted by molar-refractivity contribution is -0.384. The molecular weight excluding hydrogens is 428 g/mol. The van der Waals surface area contributed by atoms with Gasteiger partial charge in [-0.05, 0) is 31.2 Å². The van der Waals surface area contributed by atoms with Crippen LogP contribution in [0.4, 0.5) is 11.5 Å². The van der Waals surface area contributed by atoms with Crippen LogP contribution in [-0.4, -0.2) is 44.5 Å². The summed E-state index contributed by atoms with van der Waals surface area (Å²) in [6, 6.07) is 12.5. The predicted octanol–water partition coefficient (Wildman–Crippen LogP) is 2.68. The minimum atomic E-state index is -0.599. The fourth-order valence-corrected chi connectivity index (χ4v) is 3.47. The Morgan fingerprint density at radius 3 is 2.42 bits per heavy atom. The van der Waals surface area contributed by atoms with Gasteiger partial charge in [0.2, 0.25) is 0 Å². The van der Waals surface area contributed by atoms with E-state index in [0.717, 1.165) is 0 Å². The molecule has 4 aromatic rings. The average molecular weight is 448 g/mol. The largest absolute Gasteiger partial charge is 0.462 e. The number of anilines is 1. The number of amides is 1. The summed E-state index contributed by atoms with van der Waals surface area (Å²) in [6.07, 6.45) is 0. The zero-order valence-corrected chi connectivity index (χ0v) is 17.6. The van der Waals surface area contributed by atoms with Gasteiger partial charge in [-0.3, -0.25) is 14.9 Å². The first-order chi connectivity index (χ1) is 15.9. The molecule has 4 rings (SSSR count). The zero-order chi connectivity index (χ0) is 23.5. The highest BCUT2D eigenvalue weighted by Crippen LogP contribution is 2.28. The van der Waals surface area contributed by atoms with Crippen molar-refractivity contribution in [3.05, 3.63) is 69.8 Å². The van der Waals surface area contributed by atoms with Crippen molar-refractivity contribution in [1.82, 2.24) is 19.9 Å². The number of ether oxygens (including phenoxy) is 1. The van der Waals surface area contributed by atoms with Crippen molar-refractivity contribution in [2.75, 3.05) is 18.9 Å². The number of nitrogens with zero attached hydrogens (tertiary/aromatic N) is 4. The van der Waals surface area contributed by atoms with Crippen molar-refractivity contribution in [2.45, 2.75) is 13.5 Å². The van der Waals surface area contributed by atoms with Crippen LogP contribution in [0.25, 0.3) is 22.2 Å². The van der Waals surface area contributed by atoms with Gasteiger partial charge in [-0.15, -0.1) is 0 Å². The summed E-state index contributed by atoms with van der Waals surface area (Å²) in [5.41, 5.74) is 8.57. The van der Waals surface area contributed by atoms with Crippen molar-refractivity contribution in [1.29, 1.82) is 0 Å². The smallest absolute Gasteiger partial charge is 0.344 e. The molecule has 2 aromatic carbocycles. The molecule has 0 unspecified atom stereocenters. The fraction of sp³-hybridized carbons (Fsp3) is 0.182. The maximum absolute atomic E-state index is 12.6. The van der Waals surface area contributed by atoms with Gasteiger partial charge in [0.15, 0.2) is 5.65 Å². The lowest BCUT2D eigenvalue weighted by atomic mass is 10.2. The van der Waals surface area contributed by atoms with E-state index in [0.29, 0.717) is 22.2 Å². The van der Waals surface area contributed by atoms with Gasteiger partial charge in [0.25, 0.3) is 11.6 Å². The van der Waals surface area contributed by atoms with Crippen molar-refractivity contribution in [3.8, 4) is 0 Å². The molecule has 0 aliphatic heterocycles. The molecule has 3 N–H and O–H groups in total. The van der Waals surface area contributed by atoms with E-state index in [9.17, 15) is 19.7 Å². The quantitative estimate of drug-likeness (QED) is 0.248. The molecule has 11 heteroatoms. The van der Waals surface area contributed by atoms with Crippen molar-refractivity contribution in [2.24, 2.45) is 0 Å². The van der Waals surface area contributed by atoms with E-state index in [1.807, 2.05) is 12.1 Å². The summed E-state index contributed by atoms with van der Waals surface area (Å²) in [4.78, 5) is 44.4. The Bertz CT molecular complexity index is 1380. The molecule has 0 fully saturated rings. The number of rotatable bonds is 7. The number of nitrogens with one attached hydrogen (secondary N) is 1. The molecule has 0 aliphatic rings. The van der Waals surface area contributed by atoms with Crippen LogP contribution < -0.4 is 11.1 Å². The molecule has 168 valence electrons. The van der Waals surface area contributed by atoms with Crippen molar-refractivity contribution < 1.29 is 19.2 Å². The van der Waals surface area contributed by atoms with Crippen molar-refractivity contribution >= 4 is 45.6 Å². The molecule has 2 heterocycles. The third-order valence-electron chi connectivity index (χ3n) is 5.03. The SMILES string of the molecule is CCOC(=O)c1c(N)n(CCNC(=O)c2ccc([N+](=O)[O-])cc2)c2nc3ccccc3nc12. The molecule has 0 atom stereocenters. The summed E-state index contributed by atoms with van der Waals surface area (Å²) in [5, 5.41) is 13.5. The van der Waals surface area contributed by atoms with E-state index in [1.54, 1.807) is 23.6 Å². The van der Waals surface area contributed by atoms with Gasteiger partial charge in [-0.25, -0.2) is 14.8 Å². The number of hydrogen-bond donors (Lipinski definition) is 2. The Morgan fingerprint density at radius 2 is 1.79 bits per heavy atom. The summed E-state index contributed by atoms with van der Waals surface area (Å²) in [5.74, 6) is -0.858. The molecular formula is C22H20N6O5. The number of carbonyl (C=O) groups excluding carboxylic acids is 2. The highest BCUT2D eigenvalue weighted by molar-refractivity contribution is 6.08. The Morgan fingerprint density at radius 1 is 1.12 bits per heavy atom. The van der Waals surface area contributed by atoms with Gasteiger partial charge >= 0.3 is 5.97 Å². The molecule has 0 saturated carbocycles. The fourth-order valence-electron chi connectivity index (χ4n) is 3.47. The van der Waals surface area contributed by atoms with Crippen LogP contribution in [-0.2, 0) is 11.3 Å². The number of fused-ring (bicyclic) bond motifs is 2. The number of nitro groups is 1. The summed E-state index contributed by atoms with van der Waals surface area (Å²) >= 11 is 0. The van der Waals surface area contributed by atoms with Gasteiger partial charge in [0.05, 0.1) is 22.6 Å². The van der Waals surface area contributed by atoms with E-state index >= 15 is 0 Å². The van der Waals surface area contributed by atoms with Crippen LogP contribution in [0.1, 0.15) is 27.6 Å². The zero-order valence-electron chi connectivity index (χ0n) is 17.6. The first-order valence-corrected chi connectivity index (χ1v) is 10.1. The maximum Gasteiger partial charge on any atom is 0.344 e. The lowest BCUT2D eigenvalue weighted by Crippen LogP contribution is -2.27. The third kappa shape index (κ3) is 4.15. The Hall–Kier alpha value is -4.54. The standard InChI is InChI=1S/C22H20N6O5/c1-2-33-22(30)17-18-20(26-16-6-4-3-5-15(16)25-18)27(19(17)23)12-11-24-21(29)13-7-9-14(10-8-13)28(31)32/h3-10H,2,11-12,23H2,1H3,(H,24,29). The molecule has 0 saturated heterocycles. The van der Waals surface area contributed by atoms with E-state index in [4.69, 9.17) is 10.5 Å². The van der Waals surface area contributed by atoms with E-state index < -0.39 is 16.8 Å². The Balaban J connectivity index is 1.62. The van der Waals surface area contributed by atoms with Crippen LogP contribution in [0, 0.1) is 10.1 Å². The Labute approximate surface area is 187 Å². The van der Waals surface area contributed by atoms with Crippen LogP contribution >= 0.6 is 0 Å². The first-order valence-electron chi connectivity index (χ1n) is 10.1. The highest BCUT2D eigenvalue weighted by Gasteiger charge is 2.25. The van der Waals surface area contributed by atoms with Crippen molar-refractivity contribution in [3.63, 3.8) is 0 Å². The van der Waals surface area contributed by atoms with Gasteiger partial charge in [-0.1, -0.05) is 12.1 Å². The molecule has 1 amide bonds. The van der Waals surface area contributed by atoms with Gasteiger partial charge in [0, 0.05) is 30.8 Å². The average Bonchev–Trinajstić information content (AvgIpc) is 3.08. The minimum absolute atomic E-state index is 0.101. The second kappa shape index (κ2) is 8.91. The van der Waals surface area contributed by atoms with Crippen LogP contribution in [0.2, 0.25) is 0 Å². The monoisotopic (exact) mass is 448 g/mol. The molecule has 0 aliphatic carbocycles. The number of non-ortho nitro benzene ring substituents is 1. The summed E-state index contributed by atoms with van der Waals surface area (Å²) in [6.45, 7) is 2.26. The third-order valence-corrected chi connectivity index (χ3v) is 5.03. The number of nitrogen functional groups attached to an aromatic ring is 1. The van der Waals surface area contributed by atoms with Crippen LogP contribution in [0.15, 0.2) is 48.5 Å². The molecule has 11 nitrogen and oxygen atoms in total. The molecule has 0 radical (unpaired) electrons.